The van der Waals surface area contributed by atoms with Crippen molar-refractivity contribution in [1.82, 2.24) is 34.5 Å². The summed E-state index contributed by atoms with van der Waals surface area (Å²) in [4.78, 5) is 22.0. The average molecular weight is 754 g/mol. The summed E-state index contributed by atoms with van der Waals surface area (Å²) in [6, 6.07) is 13.1. The largest absolute Gasteiger partial charge is 0.494 e. The van der Waals surface area contributed by atoms with Gasteiger partial charge in [0.15, 0.2) is 5.75 Å². The molecule has 1 aliphatic carbocycles. The third kappa shape index (κ3) is 7.07. The molecular weight excluding hydrogens is 708 g/mol. The summed E-state index contributed by atoms with van der Waals surface area (Å²) in [6.45, 7) is 6.57. The average Bonchev–Trinajstić information content (AvgIpc) is 3.92. The lowest BCUT2D eigenvalue weighted by atomic mass is 9.98. The van der Waals surface area contributed by atoms with Crippen LogP contribution >= 0.6 is 15.9 Å². The van der Waals surface area contributed by atoms with Crippen LogP contribution in [0, 0.1) is 0 Å². The van der Waals surface area contributed by atoms with Crippen LogP contribution in [0.4, 0.5) is 28.8 Å². The molecule has 0 radical (unpaired) electrons. The predicted octanol–water partition coefficient (Wildman–Crippen LogP) is 6.79. The first kappa shape index (κ1) is 33.7. The van der Waals surface area contributed by atoms with Crippen molar-refractivity contribution in [2.45, 2.75) is 37.6 Å². The van der Waals surface area contributed by atoms with Gasteiger partial charge < -0.3 is 29.9 Å². The van der Waals surface area contributed by atoms with Crippen molar-refractivity contribution in [2.75, 3.05) is 76.1 Å². The Hall–Kier alpha value is -4.46. The van der Waals surface area contributed by atoms with Crippen molar-refractivity contribution in [3.63, 3.8) is 0 Å². The summed E-state index contributed by atoms with van der Waals surface area (Å²) in [5.74, 6) is 3.04. The molecule has 3 fully saturated rings. The van der Waals surface area contributed by atoms with E-state index in [1.807, 2.05) is 30.1 Å². The number of piperidine rings is 1. The second-order valence-corrected chi connectivity index (χ2v) is 14.7. The predicted molar refractivity (Wildman–Crippen MR) is 206 cm³/mol. The van der Waals surface area contributed by atoms with E-state index in [1.165, 1.54) is 12.8 Å². The smallest absolute Gasteiger partial charge is 0.229 e. The zero-order chi connectivity index (χ0) is 35.1. The second-order valence-electron chi connectivity index (χ2n) is 13.9. The van der Waals surface area contributed by atoms with Gasteiger partial charge in [-0.25, -0.2) is 4.98 Å². The fraction of sp³-hybridized carbons (Fsp3) is 0.421. The summed E-state index contributed by atoms with van der Waals surface area (Å²) in [5.41, 5.74) is 6.89. The number of aromatic nitrogens is 5. The number of halogens is 1. The van der Waals surface area contributed by atoms with Gasteiger partial charge in [-0.15, -0.1) is 0 Å². The van der Waals surface area contributed by atoms with Gasteiger partial charge in [-0.1, -0.05) is 0 Å². The van der Waals surface area contributed by atoms with Crippen molar-refractivity contribution in [1.29, 1.82) is 0 Å². The maximum atomic E-state index is 5.99. The van der Waals surface area contributed by atoms with Crippen LogP contribution in [0.15, 0.2) is 59.5 Å². The third-order valence-electron chi connectivity index (χ3n) is 10.5. The number of nitrogens with one attached hydrogen (secondary N) is 2. The Morgan fingerprint density at radius 3 is 2.33 bits per heavy atom. The SMILES string of the molecule is COc1cc(N2CCC(N3CCN(C)CC3)CC2)c(-c2cnn(C)c2)cc1Nc1ncc(Br)c(Nc2ccc3nc(C4CC4)ccc3c2OC)n1. The van der Waals surface area contributed by atoms with Crippen molar-refractivity contribution < 1.29 is 9.47 Å². The fourth-order valence-electron chi connectivity index (χ4n) is 7.43. The van der Waals surface area contributed by atoms with Crippen LogP contribution < -0.4 is 25.0 Å². The number of benzene rings is 2. The number of rotatable bonds is 10. The molecule has 51 heavy (non-hydrogen) atoms. The zero-order valence-corrected chi connectivity index (χ0v) is 31.3. The molecule has 12 nitrogen and oxygen atoms in total. The number of anilines is 5. The lowest BCUT2D eigenvalue weighted by molar-refractivity contribution is 0.0982. The summed E-state index contributed by atoms with van der Waals surface area (Å²) in [6.07, 6.45) is 10.4. The Morgan fingerprint density at radius 2 is 1.63 bits per heavy atom. The van der Waals surface area contributed by atoms with Gasteiger partial charge in [0.25, 0.3) is 0 Å². The summed E-state index contributed by atoms with van der Waals surface area (Å²) in [5, 5.41) is 12.4. The maximum absolute atomic E-state index is 5.99. The number of nitrogens with zero attached hydrogens (tertiary/aromatic N) is 8. The number of hydrogen-bond acceptors (Lipinski definition) is 11. The minimum atomic E-state index is 0.423. The van der Waals surface area contributed by atoms with Crippen molar-refractivity contribution in [2.24, 2.45) is 7.05 Å². The van der Waals surface area contributed by atoms with Gasteiger partial charge in [0.05, 0.1) is 41.8 Å². The van der Waals surface area contributed by atoms with Crippen LogP contribution in [0.3, 0.4) is 0 Å². The molecule has 13 heteroatoms. The van der Waals surface area contributed by atoms with Gasteiger partial charge >= 0.3 is 0 Å². The quantitative estimate of drug-likeness (QED) is 0.158. The highest BCUT2D eigenvalue weighted by Crippen LogP contribution is 2.43. The molecule has 2 N–H and O–H groups in total. The van der Waals surface area contributed by atoms with Crippen LogP contribution in [0.25, 0.3) is 22.0 Å². The Kier molecular flexibility index (Phi) is 9.43. The van der Waals surface area contributed by atoms with Gasteiger partial charge in [-0.3, -0.25) is 14.6 Å². The first-order valence-corrected chi connectivity index (χ1v) is 18.6. The van der Waals surface area contributed by atoms with Crippen molar-refractivity contribution in [3.05, 3.63) is 65.2 Å². The molecule has 0 unspecified atom stereocenters. The molecular formula is C38H45BrN10O2. The normalized spacial score (nSPS) is 17.5. The zero-order valence-electron chi connectivity index (χ0n) is 29.7. The summed E-state index contributed by atoms with van der Waals surface area (Å²) in [7, 11) is 7.55. The van der Waals surface area contributed by atoms with E-state index < -0.39 is 0 Å². The number of hydrogen-bond donors (Lipinski definition) is 2. The van der Waals surface area contributed by atoms with E-state index >= 15 is 0 Å². The number of pyridine rings is 1. The van der Waals surface area contributed by atoms with E-state index in [9.17, 15) is 0 Å². The van der Waals surface area contributed by atoms with Crippen molar-refractivity contribution >= 4 is 55.7 Å². The number of piperazine rings is 1. The highest BCUT2D eigenvalue weighted by atomic mass is 79.9. The van der Waals surface area contributed by atoms with Gasteiger partial charge in [0.1, 0.15) is 11.6 Å². The van der Waals surface area contributed by atoms with E-state index in [4.69, 9.17) is 19.4 Å². The monoisotopic (exact) mass is 752 g/mol. The van der Waals surface area contributed by atoms with Crippen LogP contribution in [0.5, 0.6) is 11.5 Å². The maximum Gasteiger partial charge on any atom is 0.229 e. The fourth-order valence-corrected chi connectivity index (χ4v) is 7.72. The molecule has 3 aliphatic rings. The van der Waals surface area contributed by atoms with Gasteiger partial charge in [0, 0.05) is 105 Å². The molecule has 5 aromatic rings. The molecule has 266 valence electrons. The number of methoxy groups -OCH3 is 2. The minimum Gasteiger partial charge on any atom is -0.494 e. The Morgan fingerprint density at radius 1 is 0.824 bits per heavy atom. The molecule has 0 bridgehead atoms. The molecule has 3 aromatic heterocycles. The van der Waals surface area contributed by atoms with Gasteiger partial charge in [0.2, 0.25) is 5.95 Å². The lowest BCUT2D eigenvalue weighted by Crippen LogP contribution is -2.52. The number of likely N-dealkylation sites (N-methyl/N-ethyl adjacent to an activating group) is 1. The van der Waals surface area contributed by atoms with E-state index in [0.717, 1.165) is 101 Å². The van der Waals surface area contributed by atoms with E-state index in [0.29, 0.717) is 35.2 Å². The van der Waals surface area contributed by atoms with E-state index in [2.05, 4.69) is 88.9 Å². The Balaban J connectivity index is 1.06. The molecule has 8 rings (SSSR count). The second kappa shape index (κ2) is 14.3. The van der Waals surface area contributed by atoms with Gasteiger partial charge in [-0.2, -0.15) is 10.1 Å². The van der Waals surface area contributed by atoms with Crippen LogP contribution in [-0.2, 0) is 7.05 Å². The highest BCUT2D eigenvalue weighted by molar-refractivity contribution is 9.10. The minimum absolute atomic E-state index is 0.423. The number of fused-ring (bicyclic) bond motifs is 1. The first-order chi connectivity index (χ1) is 24.9. The summed E-state index contributed by atoms with van der Waals surface area (Å²) < 4.78 is 14.4. The van der Waals surface area contributed by atoms with Crippen LogP contribution in [-0.4, -0.2) is 101 Å². The van der Waals surface area contributed by atoms with Crippen molar-refractivity contribution in [3.8, 4) is 22.6 Å². The molecule has 2 saturated heterocycles. The van der Waals surface area contributed by atoms with E-state index in [1.54, 1.807) is 20.4 Å². The Bertz CT molecular complexity index is 2030. The molecule has 2 aliphatic heterocycles. The van der Waals surface area contributed by atoms with Gasteiger partial charge in [-0.05, 0) is 79.0 Å². The van der Waals surface area contributed by atoms with E-state index in [-0.39, 0.29) is 0 Å². The molecule has 1 saturated carbocycles. The molecule has 5 heterocycles. The number of aryl methyl sites for hydroxylation is 1. The molecule has 0 amide bonds. The standard InChI is InChI=1S/C38H45BrN10O2/c1-46-15-17-48(18-16-46)26-11-13-49(14-12-26)34-20-35(50-3)33(19-28(34)25-21-41-47(2)23-25)44-38-40-22-29(39)37(45-38)43-32-10-9-31-27(36(32)51-4)7-8-30(42-31)24-5-6-24/h7-10,19-24,26H,5-6,11-18H2,1-4H3,(H2,40,43,44,45). The van der Waals surface area contributed by atoms with Crippen LogP contribution in [0.1, 0.15) is 37.3 Å². The lowest BCUT2D eigenvalue weighted by Gasteiger charge is -2.43. The summed E-state index contributed by atoms with van der Waals surface area (Å²) >= 11 is 3.65. The Labute approximate surface area is 307 Å². The highest BCUT2D eigenvalue weighted by Gasteiger charge is 2.29. The molecule has 2 aromatic carbocycles. The topological polar surface area (TPSA) is 109 Å². The molecule has 0 spiro atoms. The molecule has 0 atom stereocenters. The third-order valence-corrected chi connectivity index (χ3v) is 11.1. The first-order valence-electron chi connectivity index (χ1n) is 17.8. The number of ether oxygens (including phenoxy) is 2. The van der Waals surface area contributed by atoms with Crippen LogP contribution in [0.2, 0.25) is 0 Å².